The van der Waals surface area contributed by atoms with Crippen LogP contribution in [0.4, 0.5) is 0 Å². The summed E-state index contributed by atoms with van der Waals surface area (Å²) in [6.07, 6.45) is 1.50. The van der Waals surface area contributed by atoms with Crippen LogP contribution in [0.5, 0.6) is 5.75 Å². The number of methoxy groups -OCH3 is 1. The average Bonchev–Trinajstić information content (AvgIpc) is 3.14. The van der Waals surface area contributed by atoms with Crippen LogP contribution in [0.25, 0.3) is 11.5 Å². The van der Waals surface area contributed by atoms with Crippen LogP contribution in [0.2, 0.25) is 0 Å². The molecule has 6 nitrogen and oxygen atoms in total. The topological polar surface area (TPSA) is 81.5 Å². The van der Waals surface area contributed by atoms with Crippen molar-refractivity contribution in [2.75, 3.05) is 7.11 Å². The van der Waals surface area contributed by atoms with E-state index < -0.39 is 11.5 Å². The van der Waals surface area contributed by atoms with E-state index >= 15 is 0 Å². The summed E-state index contributed by atoms with van der Waals surface area (Å²) in [6, 6.07) is 13.6. The molecule has 0 radical (unpaired) electrons. The van der Waals surface area contributed by atoms with Crippen molar-refractivity contribution in [1.82, 2.24) is 4.98 Å². The molecule has 3 rings (SSSR count). The smallest absolute Gasteiger partial charge is 0.344 e. The molecular formula is C18H15NO5. The van der Waals surface area contributed by atoms with E-state index in [1.54, 1.807) is 49.6 Å². The van der Waals surface area contributed by atoms with Gasteiger partial charge in [-0.25, -0.2) is 4.79 Å². The van der Waals surface area contributed by atoms with Crippen molar-refractivity contribution in [1.29, 1.82) is 0 Å². The highest BCUT2D eigenvalue weighted by Gasteiger charge is 2.14. The van der Waals surface area contributed by atoms with Crippen molar-refractivity contribution in [2.45, 2.75) is 6.61 Å². The number of H-pyrrole nitrogens is 1. The summed E-state index contributed by atoms with van der Waals surface area (Å²) in [5.41, 5.74) is 0.674. The number of rotatable bonds is 5. The third kappa shape index (κ3) is 3.38. The number of hydrogen-bond acceptors (Lipinski definition) is 5. The van der Waals surface area contributed by atoms with E-state index in [1.807, 2.05) is 0 Å². The molecule has 0 atom stereocenters. The van der Waals surface area contributed by atoms with Gasteiger partial charge in [0.2, 0.25) is 0 Å². The predicted octanol–water partition coefficient (Wildman–Crippen LogP) is 3.00. The molecular weight excluding hydrogens is 310 g/mol. The van der Waals surface area contributed by atoms with Gasteiger partial charge in [0.1, 0.15) is 23.7 Å². The first-order valence-electron chi connectivity index (χ1n) is 7.24. The third-order valence-corrected chi connectivity index (χ3v) is 3.42. The van der Waals surface area contributed by atoms with Gasteiger partial charge in [-0.05, 0) is 42.0 Å². The van der Waals surface area contributed by atoms with Crippen LogP contribution in [0.1, 0.15) is 15.9 Å². The molecule has 0 fully saturated rings. The first kappa shape index (κ1) is 15.6. The number of aromatic amines is 1. The normalized spacial score (nSPS) is 10.4. The van der Waals surface area contributed by atoms with E-state index in [4.69, 9.17) is 13.9 Å². The Hall–Kier alpha value is -3.28. The van der Waals surface area contributed by atoms with Crippen molar-refractivity contribution in [2.24, 2.45) is 0 Å². The van der Waals surface area contributed by atoms with Crippen LogP contribution < -0.4 is 10.3 Å². The van der Waals surface area contributed by atoms with Gasteiger partial charge in [-0.3, -0.25) is 4.79 Å². The molecule has 0 aliphatic carbocycles. The summed E-state index contributed by atoms with van der Waals surface area (Å²) in [7, 11) is 1.56. The van der Waals surface area contributed by atoms with E-state index in [1.165, 1.54) is 12.3 Å². The number of benzene rings is 1. The van der Waals surface area contributed by atoms with Crippen molar-refractivity contribution < 1.29 is 18.7 Å². The predicted molar refractivity (Wildman–Crippen MR) is 86.9 cm³/mol. The second-order valence-electron chi connectivity index (χ2n) is 5.02. The lowest BCUT2D eigenvalue weighted by atomic mass is 10.2. The van der Waals surface area contributed by atoms with E-state index in [-0.39, 0.29) is 12.2 Å². The van der Waals surface area contributed by atoms with Gasteiger partial charge in [0.05, 0.1) is 19.1 Å². The summed E-state index contributed by atoms with van der Waals surface area (Å²) in [6.45, 7) is 0.0510. The molecule has 6 heteroatoms. The lowest BCUT2D eigenvalue weighted by molar-refractivity contribution is 0.0470. The number of esters is 1. The van der Waals surface area contributed by atoms with Crippen LogP contribution in [0.15, 0.2) is 64.0 Å². The van der Waals surface area contributed by atoms with Crippen molar-refractivity contribution in [3.8, 4) is 17.2 Å². The maximum atomic E-state index is 12.1. The number of ether oxygens (including phenoxy) is 2. The molecule has 0 saturated carbocycles. The zero-order chi connectivity index (χ0) is 16.9. The van der Waals surface area contributed by atoms with Gasteiger partial charge < -0.3 is 18.9 Å². The largest absolute Gasteiger partial charge is 0.497 e. The van der Waals surface area contributed by atoms with Crippen LogP contribution in [-0.4, -0.2) is 18.1 Å². The molecule has 2 aromatic heterocycles. The lowest BCUT2D eigenvalue weighted by Gasteiger charge is -2.06. The Labute approximate surface area is 137 Å². The quantitative estimate of drug-likeness (QED) is 0.729. The number of furan rings is 1. The zero-order valence-corrected chi connectivity index (χ0v) is 12.9. The Morgan fingerprint density at radius 2 is 2.04 bits per heavy atom. The first-order valence-corrected chi connectivity index (χ1v) is 7.24. The van der Waals surface area contributed by atoms with E-state index in [0.29, 0.717) is 17.2 Å². The molecule has 2 heterocycles. The fourth-order valence-electron chi connectivity index (χ4n) is 2.20. The fraction of sp³-hybridized carbons (Fsp3) is 0.111. The van der Waals surface area contributed by atoms with E-state index in [2.05, 4.69) is 4.98 Å². The lowest BCUT2D eigenvalue weighted by Crippen LogP contribution is -2.19. The van der Waals surface area contributed by atoms with Crippen LogP contribution in [0, 0.1) is 0 Å². The van der Waals surface area contributed by atoms with Crippen molar-refractivity contribution in [3.63, 3.8) is 0 Å². The average molecular weight is 325 g/mol. The summed E-state index contributed by atoms with van der Waals surface area (Å²) in [5.74, 6) is 0.498. The van der Waals surface area contributed by atoms with Crippen LogP contribution in [0.3, 0.4) is 0 Å². The molecule has 0 aliphatic rings. The van der Waals surface area contributed by atoms with Crippen LogP contribution in [-0.2, 0) is 11.3 Å². The van der Waals surface area contributed by atoms with Gasteiger partial charge in [0, 0.05) is 0 Å². The molecule has 0 unspecified atom stereocenters. The van der Waals surface area contributed by atoms with Gasteiger partial charge in [0.25, 0.3) is 5.56 Å². The minimum atomic E-state index is -0.690. The number of pyridine rings is 1. The maximum absolute atomic E-state index is 12.1. The summed E-state index contributed by atoms with van der Waals surface area (Å²) in [4.78, 5) is 26.8. The highest BCUT2D eigenvalue weighted by atomic mass is 16.5. The minimum absolute atomic E-state index is 0.0510. The Morgan fingerprint density at radius 1 is 1.17 bits per heavy atom. The third-order valence-electron chi connectivity index (χ3n) is 3.42. The standard InChI is InChI=1S/C18H15NO5/c1-22-13-5-2-4-12(10-13)11-24-18(21)14-7-8-15(19-17(14)20)16-6-3-9-23-16/h2-10H,11H2,1H3,(H,19,20). The summed E-state index contributed by atoms with van der Waals surface area (Å²) in [5, 5.41) is 0. The highest BCUT2D eigenvalue weighted by Crippen LogP contribution is 2.16. The Balaban J connectivity index is 1.72. The Morgan fingerprint density at radius 3 is 2.75 bits per heavy atom. The number of hydrogen-bond donors (Lipinski definition) is 1. The molecule has 1 N–H and O–H groups in total. The molecule has 0 spiro atoms. The number of carbonyl (C=O) groups is 1. The van der Waals surface area contributed by atoms with E-state index in [0.717, 1.165) is 5.56 Å². The molecule has 122 valence electrons. The molecule has 1 aromatic carbocycles. The number of aromatic nitrogens is 1. The SMILES string of the molecule is COc1cccc(COC(=O)c2ccc(-c3ccco3)[nH]c2=O)c1. The van der Waals surface area contributed by atoms with Gasteiger partial charge in [-0.2, -0.15) is 0 Å². The maximum Gasteiger partial charge on any atom is 0.344 e. The van der Waals surface area contributed by atoms with Gasteiger partial charge in [-0.1, -0.05) is 12.1 Å². The van der Waals surface area contributed by atoms with Crippen molar-refractivity contribution >= 4 is 5.97 Å². The number of nitrogens with one attached hydrogen (secondary N) is 1. The van der Waals surface area contributed by atoms with Gasteiger partial charge in [-0.15, -0.1) is 0 Å². The van der Waals surface area contributed by atoms with Gasteiger partial charge in [0.15, 0.2) is 0 Å². The second kappa shape index (κ2) is 6.87. The van der Waals surface area contributed by atoms with Crippen molar-refractivity contribution in [3.05, 3.63) is 76.3 Å². The Bertz CT molecular complexity index is 896. The fourth-order valence-corrected chi connectivity index (χ4v) is 2.20. The van der Waals surface area contributed by atoms with Crippen LogP contribution >= 0.6 is 0 Å². The monoisotopic (exact) mass is 325 g/mol. The zero-order valence-electron chi connectivity index (χ0n) is 12.9. The Kier molecular flexibility index (Phi) is 4.47. The molecule has 3 aromatic rings. The number of carbonyl (C=O) groups excluding carboxylic acids is 1. The molecule has 0 aliphatic heterocycles. The second-order valence-corrected chi connectivity index (χ2v) is 5.02. The first-order chi connectivity index (χ1) is 11.7. The minimum Gasteiger partial charge on any atom is -0.497 e. The molecule has 0 saturated heterocycles. The molecule has 0 amide bonds. The highest BCUT2D eigenvalue weighted by molar-refractivity contribution is 5.89. The summed E-state index contributed by atoms with van der Waals surface area (Å²) < 4.78 is 15.5. The summed E-state index contributed by atoms with van der Waals surface area (Å²) >= 11 is 0. The molecule has 24 heavy (non-hydrogen) atoms. The van der Waals surface area contributed by atoms with E-state index in [9.17, 15) is 9.59 Å². The molecule has 0 bridgehead atoms. The van der Waals surface area contributed by atoms with Gasteiger partial charge >= 0.3 is 5.97 Å².